The molecule has 0 aliphatic rings. The zero-order valence-corrected chi connectivity index (χ0v) is 10.6. The molecule has 1 aromatic heterocycles. The van der Waals surface area contributed by atoms with Crippen LogP contribution < -0.4 is 0 Å². The smallest absolute Gasteiger partial charge is 0.341 e. The number of rotatable bonds is 2. The van der Waals surface area contributed by atoms with Crippen LogP contribution >= 0.6 is 0 Å². The number of esters is 1. The van der Waals surface area contributed by atoms with Crippen molar-refractivity contribution in [2.24, 2.45) is 0 Å². The Kier molecular flexibility index (Phi) is 3.37. The summed E-state index contributed by atoms with van der Waals surface area (Å²) in [6.07, 6.45) is 0. The Morgan fingerprint density at radius 1 is 1.06 bits per heavy atom. The molecule has 0 radical (unpaired) electrons. The summed E-state index contributed by atoms with van der Waals surface area (Å²) < 4.78 is 4.72. The van der Waals surface area contributed by atoms with Gasteiger partial charge in [-0.2, -0.15) is 0 Å². The number of methoxy groups -OCH3 is 1. The van der Waals surface area contributed by atoms with Crippen LogP contribution in [0.3, 0.4) is 0 Å². The minimum absolute atomic E-state index is 0.399. The van der Waals surface area contributed by atoms with Gasteiger partial charge in [-0.05, 0) is 13.8 Å². The monoisotopic (exact) mass is 242 g/mol. The Morgan fingerprint density at radius 3 is 2.11 bits per heavy atom. The first-order chi connectivity index (χ1) is 8.63. The summed E-state index contributed by atoms with van der Waals surface area (Å²) in [7, 11) is 1.35. The Labute approximate surface area is 106 Å². The van der Waals surface area contributed by atoms with E-state index in [9.17, 15) is 4.79 Å². The van der Waals surface area contributed by atoms with Gasteiger partial charge in [0.25, 0.3) is 0 Å². The first-order valence-electron chi connectivity index (χ1n) is 5.62. The average Bonchev–Trinajstić information content (AvgIpc) is 2.38. The normalized spacial score (nSPS) is 10.2. The predicted octanol–water partition coefficient (Wildman–Crippen LogP) is 2.55. The van der Waals surface area contributed by atoms with Crippen molar-refractivity contribution in [3.05, 3.63) is 47.3 Å². The average molecular weight is 242 g/mol. The van der Waals surface area contributed by atoms with Crippen molar-refractivity contribution in [2.45, 2.75) is 13.8 Å². The van der Waals surface area contributed by atoms with E-state index in [0.29, 0.717) is 22.8 Å². The maximum atomic E-state index is 11.6. The van der Waals surface area contributed by atoms with Gasteiger partial charge in [0.2, 0.25) is 0 Å². The van der Waals surface area contributed by atoms with Gasteiger partial charge in [-0.15, -0.1) is 0 Å². The van der Waals surface area contributed by atoms with E-state index in [1.165, 1.54) is 7.11 Å². The Morgan fingerprint density at radius 2 is 1.61 bits per heavy atom. The Bertz CT molecular complexity index is 557. The Balaban J connectivity index is 2.53. The summed E-state index contributed by atoms with van der Waals surface area (Å²) >= 11 is 0. The van der Waals surface area contributed by atoms with E-state index in [1.54, 1.807) is 13.8 Å². The van der Waals surface area contributed by atoms with Crippen LogP contribution in [0.1, 0.15) is 21.7 Å². The third-order valence-corrected chi connectivity index (χ3v) is 2.69. The van der Waals surface area contributed by atoms with Crippen molar-refractivity contribution in [3.8, 4) is 11.4 Å². The summed E-state index contributed by atoms with van der Waals surface area (Å²) in [6, 6.07) is 9.67. The largest absolute Gasteiger partial charge is 0.465 e. The van der Waals surface area contributed by atoms with Crippen LogP contribution in [0.5, 0.6) is 0 Å². The van der Waals surface area contributed by atoms with Gasteiger partial charge in [-0.3, -0.25) is 0 Å². The SMILES string of the molecule is COC(=O)c1c(C)nc(-c2ccccc2)nc1C. The van der Waals surface area contributed by atoms with Gasteiger partial charge < -0.3 is 4.74 Å². The lowest BCUT2D eigenvalue weighted by Crippen LogP contribution is -2.10. The maximum absolute atomic E-state index is 11.6. The lowest BCUT2D eigenvalue weighted by Gasteiger charge is -2.09. The second-order valence-corrected chi connectivity index (χ2v) is 3.95. The molecule has 4 nitrogen and oxygen atoms in total. The molecule has 0 unspecified atom stereocenters. The van der Waals surface area contributed by atoms with Crippen LogP contribution in [0.25, 0.3) is 11.4 Å². The number of ether oxygens (including phenoxy) is 1. The molecule has 0 N–H and O–H groups in total. The summed E-state index contributed by atoms with van der Waals surface area (Å²) in [5, 5.41) is 0. The van der Waals surface area contributed by atoms with E-state index < -0.39 is 5.97 Å². The molecular weight excluding hydrogens is 228 g/mol. The summed E-state index contributed by atoms with van der Waals surface area (Å²) in [5.41, 5.74) is 2.64. The van der Waals surface area contributed by atoms with Crippen LogP contribution in [0.15, 0.2) is 30.3 Å². The van der Waals surface area contributed by atoms with Crippen molar-refractivity contribution in [1.82, 2.24) is 9.97 Å². The van der Waals surface area contributed by atoms with E-state index in [0.717, 1.165) is 5.56 Å². The number of hydrogen-bond acceptors (Lipinski definition) is 4. The third kappa shape index (κ3) is 2.22. The predicted molar refractivity (Wildman–Crippen MR) is 68.3 cm³/mol. The van der Waals surface area contributed by atoms with E-state index in [4.69, 9.17) is 4.74 Å². The van der Waals surface area contributed by atoms with Crippen LogP contribution in [-0.4, -0.2) is 23.0 Å². The van der Waals surface area contributed by atoms with Gasteiger partial charge in [0.05, 0.1) is 18.5 Å². The van der Waals surface area contributed by atoms with E-state index >= 15 is 0 Å². The number of benzene rings is 1. The molecule has 2 rings (SSSR count). The van der Waals surface area contributed by atoms with E-state index in [2.05, 4.69) is 9.97 Å². The molecule has 1 aromatic carbocycles. The molecule has 0 spiro atoms. The summed E-state index contributed by atoms with van der Waals surface area (Å²) in [4.78, 5) is 20.3. The van der Waals surface area contributed by atoms with Gasteiger partial charge in [-0.25, -0.2) is 14.8 Å². The van der Waals surface area contributed by atoms with Crippen LogP contribution in [0.2, 0.25) is 0 Å². The van der Waals surface area contributed by atoms with E-state index in [1.807, 2.05) is 30.3 Å². The number of carbonyl (C=O) groups is 1. The fourth-order valence-corrected chi connectivity index (χ4v) is 1.83. The lowest BCUT2D eigenvalue weighted by atomic mass is 10.1. The quantitative estimate of drug-likeness (QED) is 0.759. The highest BCUT2D eigenvalue weighted by atomic mass is 16.5. The topological polar surface area (TPSA) is 52.1 Å². The van der Waals surface area contributed by atoms with Gasteiger partial charge >= 0.3 is 5.97 Å². The second-order valence-electron chi connectivity index (χ2n) is 3.95. The fourth-order valence-electron chi connectivity index (χ4n) is 1.83. The molecule has 0 aliphatic carbocycles. The van der Waals surface area contributed by atoms with Crippen LogP contribution in [0, 0.1) is 13.8 Å². The highest BCUT2D eigenvalue weighted by Crippen LogP contribution is 2.18. The number of carbonyl (C=O) groups excluding carboxylic acids is 1. The first-order valence-corrected chi connectivity index (χ1v) is 5.62. The van der Waals surface area contributed by atoms with Crippen molar-refractivity contribution in [3.63, 3.8) is 0 Å². The molecule has 92 valence electrons. The molecule has 0 saturated carbocycles. The summed E-state index contributed by atoms with van der Waals surface area (Å²) in [6.45, 7) is 3.57. The number of aromatic nitrogens is 2. The third-order valence-electron chi connectivity index (χ3n) is 2.69. The number of aryl methyl sites for hydroxylation is 2. The standard InChI is InChI=1S/C14H14N2O2/c1-9-12(14(17)18-3)10(2)16-13(15-9)11-7-5-4-6-8-11/h4-8H,1-3H3. The van der Waals surface area contributed by atoms with Gasteiger partial charge in [0, 0.05) is 5.56 Å². The highest BCUT2D eigenvalue weighted by molar-refractivity contribution is 5.91. The zero-order valence-electron chi connectivity index (χ0n) is 10.6. The van der Waals surface area contributed by atoms with Gasteiger partial charge in [0.1, 0.15) is 5.56 Å². The van der Waals surface area contributed by atoms with Crippen molar-refractivity contribution >= 4 is 5.97 Å². The second kappa shape index (κ2) is 4.96. The van der Waals surface area contributed by atoms with Gasteiger partial charge in [0.15, 0.2) is 5.82 Å². The van der Waals surface area contributed by atoms with Crippen LogP contribution in [0.4, 0.5) is 0 Å². The Hall–Kier alpha value is -2.23. The summed E-state index contributed by atoms with van der Waals surface area (Å²) in [5.74, 6) is 0.225. The molecule has 4 heteroatoms. The minimum atomic E-state index is -0.399. The van der Waals surface area contributed by atoms with Crippen LogP contribution in [-0.2, 0) is 4.74 Å². The molecule has 0 saturated heterocycles. The lowest BCUT2D eigenvalue weighted by molar-refractivity contribution is 0.0598. The van der Waals surface area contributed by atoms with E-state index in [-0.39, 0.29) is 0 Å². The number of hydrogen-bond donors (Lipinski definition) is 0. The van der Waals surface area contributed by atoms with Gasteiger partial charge in [-0.1, -0.05) is 30.3 Å². The molecule has 0 aliphatic heterocycles. The number of nitrogens with zero attached hydrogens (tertiary/aromatic N) is 2. The molecule has 2 aromatic rings. The van der Waals surface area contributed by atoms with Crippen molar-refractivity contribution in [1.29, 1.82) is 0 Å². The minimum Gasteiger partial charge on any atom is -0.465 e. The van der Waals surface area contributed by atoms with Crippen molar-refractivity contribution in [2.75, 3.05) is 7.11 Å². The highest BCUT2D eigenvalue weighted by Gasteiger charge is 2.16. The maximum Gasteiger partial charge on any atom is 0.341 e. The molecular formula is C14H14N2O2. The molecule has 0 atom stereocenters. The van der Waals surface area contributed by atoms with Crippen molar-refractivity contribution < 1.29 is 9.53 Å². The molecule has 0 fully saturated rings. The zero-order chi connectivity index (χ0) is 13.1. The molecule has 0 bridgehead atoms. The first kappa shape index (κ1) is 12.2. The molecule has 18 heavy (non-hydrogen) atoms. The fraction of sp³-hybridized carbons (Fsp3) is 0.214. The molecule has 1 heterocycles. The molecule has 0 amide bonds.